The van der Waals surface area contributed by atoms with Crippen LogP contribution < -0.4 is 0 Å². The van der Waals surface area contributed by atoms with Gasteiger partial charge in [0, 0.05) is 25.0 Å². The molecule has 2 aromatic heterocycles. The molecule has 0 spiro atoms. The second kappa shape index (κ2) is 4.70. The van der Waals surface area contributed by atoms with Gasteiger partial charge in [-0.3, -0.25) is 4.68 Å². The summed E-state index contributed by atoms with van der Waals surface area (Å²) in [4.78, 5) is 0. The zero-order valence-corrected chi connectivity index (χ0v) is 10.5. The van der Waals surface area contributed by atoms with Crippen molar-refractivity contribution in [2.75, 3.05) is 0 Å². The zero-order chi connectivity index (χ0) is 13.2. The van der Waals surface area contributed by atoms with Crippen molar-refractivity contribution in [3.63, 3.8) is 0 Å². The zero-order valence-electron chi connectivity index (χ0n) is 10.5. The Balaban J connectivity index is 2.01. The van der Waals surface area contributed by atoms with E-state index in [1.54, 1.807) is 28.0 Å². The van der Waals surface area contributed by atoms with Gasteiger partial charge in [-0.1, -0.05) is 18.2 Å². The Kier molecular flexibility index (Phi) is 2.89. The molecule has 0 aliphatic carbocycles. The number of para-hydroxylation sites is 1. The molecule has 0 aliphatic heterocycles. The average molecular weight is 254 g/mol. The SMILES string of the molecule is Cn1cc(C(O)c2ccnn2-c2ccccc2)cn1. The van der Waals surface area contributed by atoms with Crippen molar-refractivity contribution < 1.29 is 5.11 Å². The molecule has 1 aromatic carbocycles. The quantitative estimate of drug-likeness (QED) is 0.773. The minimum absolute atomic E-state index is 0.721. The van der Waals surface area contributed by atoms with E-state index in [9.17, 15) is 5.11 Å². The number of aryl methyl sites for hydroxylation is 1. The fourth-order valence-electron chi connectivity index (χ4n) is 2.06. The molecule has 1 N–H and O–H groups in total. The van der Waals surface area contributed by atoms with E-state index in [2.05, 4.69) is 10.2 Å². The number of aromatic nitrogens is 4. The van der Waals surface area contributed by atoms with Crippen LogP contribution >= 0.6 is 0 Å². The van der Waals surface area contributed by atoms with Gasteiger partial charge >= 0.3 is 0 Å². The van der Waals surface area contributed by atoms with Crippen molar-refractivity contribution in [3.05, 3.63) is 66.2 Å². The fourth-order valence-corrected chi connectivity index (χ4v) is 2.06. The van der Waals surface area contributed by atoms with E-state index >= 15 is 0 Å². The molecule has 0 fully saturated rings. The molecule has 96 valence electrons. The lowest BCUT2D eigenvalue weighted by Crippen LogP contribution is -2.08. The van der Waals surface area contributed by atoms with Gasteiger partial charge in [-0.15, -0.1) is 0 Å². The fraction of sp³-hybridized carbons (Fsp3) is 0.143. The third-order valence-electron chi connectivity index (χ3n) is 2.99. The summed E-state index contributed by atoms with van der Waals surface area (Å²) in [6, 6.07) is 11.5. The van der Waals surface area contributed by atoms with Gasteiger partial charge in [0.05, 0.1) is 17.6 Å². The predicted molar refractivity (Wildman–Crippen MR) is 70.8 cm³/mol. The first-order valence-corrected chi connectivity index (χ1v) is 6.01. The minimum atomic E-state index is -0.739. The van der Waals surface area contributed by atoms with E-state index in [0.717, 1.165) is 16.9 Å². The largest absolute Gasteiger partial charge is 0.382 e. The summed E-state index contributed by atoms with van der Waals surface area (Å²) in [6.07, 6.45) is 4.40. The Labute approximate surface area is 110 Å². The second-order valence-electron chi connectivity index (χ2n) is 4.35. The van der Waals surface area contributed by atoms with E-state index in [1.165, 1.54) is 0 Å². The van der Waals surface area contributed by atoms with Gasteiger partial charge in [0.25, 0.3) is 0 Å². The van der Waals surface area contributed by atoms with Crippen molar-refractivity contribution in [2.24, 2.45) is 7.05 Å². The molecule has 0 bridgehead atoms. The van der Waals surface area contributed by atoms with Gasteiger partial charge < -0.3 is 5.11 Å². The lowest BCUT2D eigenvalue weighted by molar-refractivity contribution is 0.212. The molecule has 3 aromatic rings. The molecule has 1 unspecified atom stereocenters. The van der Waals surface area contributed by atoms with Gasteiger partial charge in [-0.05, 0) is 18.2 Å². The Morgan fingerprint density at radius 3 is 2.58 bits per heavy atom. The Morgan fingerprint density at radius 1 is 1.11 bits per heavy atom. The molecule has 0 saturated carbocycles. The third kappa shape index (κ3) is 2.15. The minimum Gasteiger partial charge on any atom is -0.382 e. The number of aliphatic hydroxyl groups excluding tert-OH is 1. The molecule has 19 heavy (non-hydrogen) atoms. The summed E-state index contributed by atoms with van der Waals surface area (Å²) in [7, 11) is 1.82. The third-order valence-corrected chi connectivity index (χ3v) is 2.99. The van der Waals surface area contributed by atoms with Gasteiger partial charge in [0.15, 0.2) is 0 Å². The van der Waals surface area contributed by atoms with Crippen LogP contribution in [-0.4, -0.2) is 24.7 Å². The van der Waals surface area contributed by atoms with Crippen LogP contribution in [0.2, 0.25) is 0 Å². The number of benzene rings is 1. The summed E-state index contributed by atoms with van der Waals surface area (Å²) < 4.78 is 3.40. The first-order chi connectivity index (χ1) is 9.25. The van der Waals surface area contributed by atoms with Crippen LogP contribution in [0.4, 0.5) is 0 Å². The van der Waals surface area contributed by atoms with Crippen molar-refractivity contribution in [1.29, 1.82) is 0 Å². The van der Waals surface area contributed by atoms with E-state index < -0.39 is 6.10 Å². The van der Waals surface area contributed by atoms with Gasteiger partial charge in [-0.25, -0.2) is 4.68 Å². The van der Waals surface area contributed by atoms with Crippen LogP contribution in [0.3, 0.4) is 0 Å². The monoisotopic (exact) mass is 254 g/mol. The van der Waals surface area contributed by atoms with Crippen molar-refractivity contribution in [3.8, 4) is 5.69 Å². The molecule has 2 heterocycles. The number of rotatable bonds is 3. The van der Waals surface area contributed by atoms with Crippen LogP contribution in [0.5, 0.6) is 0 Å². The smallest absolute Gasteiger partial charge is 0.124 e. The normalized spacial score (nSPS) is 12.5. The van der Waals surface area contributed by atoms with E-state index in [1.807, 2.05) is 43.4 Å². The first-order valence-electron chi connectivity index (χ1n) is 6.01. The van der Waals surface area contributed by atoms with Gasteiger partial charge in [-0.2, -0.15) is 10.2 Å². The van der Waals surface area contributed by atoms with Crippen molar-refractivity contribution >= 4 is 0 Å². The Morgan fingerprint density at radius 2 is 1.89 bits per heavy atom. The summed E-state index contributed by atoms with van der Waals surface area (Å²) in [5.74, 6) is 0. The standard InChI is InChI=1S/C14H14N4O/c1-17-10-11(9-16-17)14(19)13-7-8-15-18(13)12-5-3-2-4-6-12/h2-10,14,19H,1H3. The summed E-state index contributed by atoms with van der Waals surface area (Å²) >= 11 is 0. The van der Waals surface area contributed by atoms with Crippen molar-refractivity contribution in [2.45, 2.75) is 6.10 Å². The second-order valence-corrected chi connectivity index (χ2v) is 4.35. The van der Waals surface area contributed by atoms with Crippen LogP contribution in [0, 0.1) is 0 Å². The highest BCUT2D eigenvalue weighted by Crippen LogP contribution is 2.23. The molecule has 0 amide bonds. The summed E-state index contributed by atoms with van der Waals surface area (Å²) in [6.45, 7) is 0. The van der Waals surface area contributed by atoms with Crippen LogP contribution in [0.25, 0.3) is 5.69 Å². The maximum Gasteiger partial charge on any atom is 0.124 e. The van der Waals surface area contributed by atoms with Gasteiger partial charge in [0.1, 0.15) is 6.10 Å². The number of nitrogens with zero attached hydrogens (tertiary/aromatic N) is 4. The molecule has 0 radical (unpaired) electrons. The highest BCUT2D eigenvalue weighted by Gasteiger charge is 2.17. The lowest BCUT2D eigenvalue weighted by Gasteiger charge is -2.11. The number of aliphatic hydroxyl groups is 1. The van der Waals surface area contributed by atoms with Crippen molar-refractivity contribution in [1.82, 2.24) is 19.6 Å². The summed E-state index contributed by atoms with van der Waals surface area (Å²) in [5.41, 5.74) is 2.39. The molecular weight excluding hydrogens is 240 g/mol. The molecule has 1 atom stereocenters. The lowest BCUT2D eigenvalue weighted by atomic mass is 10.1. The molecule has 5 heteroatoms. The molecular formula is C14H14N4O. The Bertz CT molecular complexity index is 672. The topological polar surface area (TPSA) is 55.9 Å². The van der Waals surface area contributed by atoms with E-state index in [-0.39, 0.29) is 0 Å². The van der Waals surface area contributed by atoms with Crippen LogP contribution in [0.1, 0.15) is 17.4 Å². The average Bonchev–Trinajstić information content (AvgIpc) is 3.07. The predicted octanol–water partition coefficient (Wildman–Crippen LogP) is 1.69. The maximum absolute atomic E-state index is 10.4. The van der Waals surface area contributed by atoms with E-state index in [4.69, 9.17) is 0 Å². The molecule has 0 aliphatic rings. The maximum atomic E-state index is 10.4. The van der Waals surface area contributed by atoms with Gasteiger partial charge in [0.2, 0.25) is 0 Å². The molecule has 5 nitrogen and oxygen atoms in total. The van der Waals surface area contributed by atoms with Crippen LogP contribution in [0.15, 0.2) is 55.0 Å². The highest BCUT2D eigenvalue weighted by atomic mass is 16.3. The number of hydrogen-bond acceptors (Lipinski definition) is 3. The summed E-state index contributed by atoms with van der Waals surface area (Å²) in [5, 5.41) is 18.8. The molecule has 0 saturated heterocycles. The molecule has 3 rings (SSSR count). The highest BCUT2D eigenvalue weighted by molar-refractivity contribution is 5.34. The number of hydrogen-bond donors (Lipinski definition) is 1. The Hall–Kier alpha value is -2.40. The van der Waals surface area contributed by atoms with E-state index in [0.29, 0.717) is 0 Å². The van der Waals surface area contributed by atoms with Crippen LogP contribution in [-0.2, 0) is 7.05 Å². The first kappa shape index (κ1) is 11.7.